The average molecular weight is 388 g/mol. The Bertz CT molecular complexity index is 1080. The SMILES string of the molecule is CC(C)(C)OC(=O)Nc1cc(F)ccc1-n1c(N)c2c(cc1=O)C(=O)NC2=O. The fraction of sp³-hybridized carbons (Fsp3) is 0.222. The lowest BCUT2D eigenvalue weighted by Crippen LogP contribution is -2.29. The van der Waals surface area contributed by atoms with Crippen LogP contribution in [-0.4, -0.2) is 28.1 Å². The van der Waals surface area contributed by atoms with Crippen LogP contribution < -0.4 is 21.9 Å². The summed E-state index contributed by atoms with van der Waals surface area (Å²) < 4.78 is 19.8. The van der Waals surface area contributed by atoms with Crippen LogP contribution in [0.1, 0.15) is 41.5 Å². The fourth-order valence-electron chi connectivity index (χ4n) is 2.74. The van der Waals surface area contributed by atoms with Crippen LogP contribution >= 0.6 is 0 Å². The van der Waals surface area contributed by atoms with Crippen molar-refractivity contribution >= 4 is 29.4 Å². The molecule has 1 aromatic heterocycles. The largest absolute Gasteiger partial charge is 0.444 e. The molecule has 146 valence electrons. The molecule has 0 atom stereocenters. The number of carbonyl (C=O) groups is 3. The van der Waals surface area contributed by atoms with Crippen LogP contribution in [0.4, 0.5) is 20.7 Å². The Labute approximate surface area is 158 Å². The highest BCUT2D eigenvalue weighted by Gasteiger charge is 2.32. The number of imide groups is 1. The molecule has 2 heterocycles. The van der Waals surface area contributed by atoms with Crippen LogP contribution in [0, 0.1) is 5.82 Å². The summed E-state index contributed by atoms with van der Waals surface area (Å²) in [4.78, 5) is 48.4. The second-order valence-electron chi connectivity index (χ2n) is 7.06. The molecule has 0 spiro atoms. The number of pyridine rings is 1. The second kappa shape index (κ2) is 6.48. The third-order valence-electron chi connectivity index (χ3n) is 3.79. The van der Waals surface area contributed by atoms with Crippen molar-refractivity contribution in [1.29, 1.82) is 0 Å². The first kappa shape index (κ1) is 19.1. The predicted molar refractivity (Wildman–Crippen MR) is 98.1 cm³/mol. The Morgan fingerprint density at radius 1 is 1.18 bits per heavy atom. The number of aromatic nitrogens is 1. The fourth-order valence-corrected chi connectivity index (χ4v) is 2.74. The minimum absolute atomic E-state index is 0.00436. The van der Waals surface area contributed by atoms with Crippen molar-refractivity contribution in [3.63, 3.8) is 0 Å². The van der Waals surface area contributed by atoms with E-state index in [9.17, 15) is 23.6 Å². The molecule has 10 heteroatoms. The van der Waals surface area contributed by atoms with Gasteiger partial charge in [0.2, 0.25) is 0 Å². The van der Waals surface area contributed by atoms with E-state index >= 15 is 0 Å². The molecule has 28 heavy (non-hydrogen) atoms. The first-order chi connectivity index (χ1) is 13.0. The summed E-state index contributed by atoms with van der Waals surface area (Å²) in [6, 6.07) is 4.19. The van der Waals surface area contributed by atoms with Crippen molar-refractivity contribution in [3.8, 4) is 5.69 Å². The van der Waals surface area contributed by atoms with Crippen LogP contribution in [-0.2, 0) is 4.74 Å². The molecular weight excluding hydrogens is 371 g/mol. The standard InChI is InChI=1S/C18H17FN4O5/c1-18(2,3)28-17(27)21-10-6-8(19)4-5-11(10)23-12(24)7-9-13(14(23)20)16(26)22-15(9)25/h4-7H,20H2,1-3H3,(H,21,27)(H,22,25,26). The topological polar surface area (TPSA) is 133 Å². The normalized spacial score (nSPS) is 13.1. The number of anilines is 2. The lowest BCUT2D eigenvalue weighted by molar-refractivity contribution is 0.0635. The zero-order chi connectivity index (χ0) is 20.8. The maximum absolute atomic E-state index is 13.8. The van der Waals surface area contributed by atoms with Gasteiger partial charge >= 0.3 is 6.09 Å². The van der Waals surface area contributed by atoms with Crippen molar-refractivity contribution < 1.29 is 23.5 Å². The van der Waals surface area contributed by atoms with Crippen molar-refractivity contribution in [2.75, 3.05) is 11.1 Å². The van der Waals surface area contributed by atoms with Gasteiger partial charge in [-0.25, -0.2) is 9.18 Å². The van der Waals surface area contributed by atoms with E-state index in [2.05, 4.69) is 10.6 Å². The summed E-state index contributed by atoms with van der Waals surface area (Å²) in [6.07, 6.45) is -0.875. The molecule has 0 saturated carbocycles. The van der Waals surface area contributed by atoms with E-state index in [4.69, 9.17) is 10.5 Å². The predicted octanol–water partition coefficient (Wildman–Crippen LogP) is 1.79. The molecule has 1 aliphatic heterocycles. The number of ether oxygens (including phenoxy) is 1. The number of nitrogen functional groups attached to an aromatic ring is 1. The van der Waals surface area contributed by atoms with E-state index in [0.29, 0.717) is 0 Å². The smallest absolute Gasteiger partial charge is 0.412 e. The number of fused-ring (bicyclic) bond motifs is 1. The van der Waals surface area contributed by atoms with E-state index in [1.165, 1.54) is 6.07 Å². The molecule has 0 unspecified atom stereocenters. The number of nitrogens with one attached hydrogen (secondary N) is 2. The molecule has 4 N–H and O–H groups in total. The monoisotopic (exact) mass is 388 g/mol. The number of nitrogens with two attached hydrogens (primary N) is 1. The van der Waals surface area contributed by atoms with Crippen LogP contribution in [0.2, 0.25) is 0 Å². The molecule has 3 amide bonds. The van der Waals surface area contributed by atoms with Gasteiger partial charge in [-0.2, -0.15) is 0 Å². The molecule has 0 radical (unpaired) electrons. The van der Waals surface area contributed by atoms with Gasteiger partial charge in [0.05, 0.1) is 22.5 Å². The van der Waals surface area contributed by atoms with Crippen LogP contribution in [0.15, 0.2) is 29.1 Å². The third kappa shape index (κ3) is 3.43. The van der Waals surface area contributed by atoms with Gasteiger partial charge < -0.3 is 10.5 Å². The summed E-state index contributed by atoms with van der Waals surface area (Å²) in [5, 5.41) is 4.42. The Hall–Kier alpha value is -3.69. The molecule has 9 nitrogen and oxygen atoms in total. The average Bonchev–Trinajstić information content (AvgIpc) is 2.81. The van der Waals surface area contributed by atoms with Crippen LogP contribution in [0.5, 0.6) is 0 Å². The van der Waals surface area contributed by atoms with Crippen molar-refractivity contribution in [2.45, 2.75) is 26.4 Å². The summed E-state index contributed by atoms with van der Waals surface area (Å²) in [6.45, 7) is 4.95. The quantitative estimate of drug-likeness (QED) is 0.672. The van der Waals surface area contributed by atoms with E-state index in [1.807, 2.05) is 0 Å². The molecule has 1 aliphatic rings. The van der Waals surface area contributed by atoms with E-state index < -0.39 is 34.9 Å². The summed E-state index contributed by atoms with van der Waals surface area (Å²) in [5.74, 6) is -2.49. The molecule has 2 aromatic rings. The summed E-state index contributed by atoms with van der Waals surface area (Å²) >= 11 is 0. The summed E-state index contributed by atoms with van der Waals surface area (Å²) in [7, 11) is 0. The van der Waals surface area contributed by atoms with Gasteiger partial charge in [-0.1, -0.05) is 0 Å². The minimum atomic E-state index is -0.875. The molecule has 1 aromatic carbocycles. The van der Waals surface area contributed by atoms with Crippen LogP contribution in [0.25, 0.3) is 5.69 Å². The number of amides is 3. The number of nitrogens with zero attached hydrogens (tertiary/aromatic N) is 1. The number of hydrogen-bond acceptors (Lipinski definition) is 6. The van der Waals surface area contributed by atoms with Gasteiger partial charge in [-0.15, -0.1) is 0 Å². The lowest BCUT2D eigenvalue weighted by Gasteiger charge is -2.21. The van der Waals surface area contributed by atoms with Crippen molar-refractivity contribution in [1.82, 2.24) is 9.88 Å². The lowest BCUT2D eigenvalue weighted by atomic mass is 10.1. The minimum Gasteiger partial charge on any atom is -0.444 e. The Kier molecular flexibility index (Phi) is 4.42. The molecule has 0 saturated heterocycles. The molecule has 0 aliphatic carbocycles. The molecule has 3 rings (SSSR count). The maximum Gasteiger partial charge on any atom is 0.412 e. The first-order valence-electron chi connectivity index (χ1n) is 8.19. The number of carbonyl (C=O) groups excluding carboxylic acids is 3. The Morgan fingerprint density at radius 2 is 1.86 bits per heavy atom. The van der Waals surface area contributed by atoms with Gasteiger partial charge in [0.25, 0.3) is 17.4 Å². The highest BCUT2D eigenvalue weighted by atomic mass is 19.1. The van der Waals surface area contributed by atoms with Gasteiger partial charge in [0.15, 0.2) is 0 Å². The third-order valence-corrected chi connectivity index (χ3v) is 3.79. The highest BCUT2D eigenvalue weighted by molar-refractivity contribution is 6.23. The Balaban J connectivity index is 2.15. The van der Waals surface area contributed by atoms with Gasteiger partial charge in [0, 0.05) is 6.07 Å². The van der Waals surface area contributed by atoms with E-state index in [0.717, 1.165) is 22.8 Å². The number of benzene rings is 1. The van der Waals surface area contributed by atoms with Gasteiger partial charge in [-0.3, -0.25) is 29.6 Å². The Morgan fingerprint density at radius 3 is 2.50 bits per heavy atom. The van der Waals surface area contributed by atoms with Gasteiger partial charge in [-0.05, 0) is 39.0 Å². The number of hydrogen-bond donors (Lipinski definition) is 3. The zero-order valence-electron chi connectivity index (χ0n) is 15.3. The number of rotatable bonds is 2. The van der Waals surface area contributed by atoms with Crippen LogP contribution in [0.3, 0.4) is 0 Å². The first-order valence-corrected chi connectivity index (χ1v) is 8.19. The summed E-state index contributed by atoms with van der Waals surface area (Å²) in [5.41, 5.74) is 4.01. The maximum atomic E-state index is 13.8. The number of halogens is 1. The van der Waals surface area contributed by atoms with E-state index in [1.54, 1.807) is 20.8 Å². The second-order valence-corrected chi connectivity index (χ2v) is 7.06. The molecule has 0 fully saturated rings. The van der Waals surface area contributed by atoms with Crippen molar-refractivity contribution in [3.05, 3.63) is 51.6 Å². The van der Waals surface area contributed by atoms with Gasteiger partial charge in [0.1, 0.15) is 17.2 Å². The highest BCUT2D eigenvalue weighted by Crippen LogP contribution is 2.27. The zero-order valence-corrected chi connectivity index (χ0v) is 15.3. The molecular formula is C18H17FN4O5. The van der Waals surface area contributed by atoms with Crippen molar-refractivity contribution in [2.24, 2.45) is 0 Å². The molecule has 0 bridgehead atoms. The van der Waals surface area contributed by atoms with E-state index in [-0.39, 0.29) is 28.3 Å².